The molecule has 0 radical (unpaired) electrons. The molecule has 6 nitrogen and oxygen atoms in total. The molecule has 5 rings (SSSR count). The molecule has 1 N–H and O–H groups in total. The van der Waals surface area contributed by atoms with Crippen LogP contribution in [0.2, 0.25) is 0 Å². The first kappa shape index (κ1) is 30.5. The fraction of sp³-hybridized carbons (Fsp3) is 0.237. The van der Waals surface area contributed by atoms with Crippen LogP contribution in [0.25, 0.3) is 0 Å². The highest BCUT2D eigenvalue weighted by molar-refractivity contribution is 5.96. The topological polar surface area (TPSA) is 75.7 Å². The van der Waals surface area contributed by atoms with Crippen LogP contribution in [-0.4, -0.2) is 29.3 Å². The van der Waals surface area contributed by atoms with E-state index in [4.69, 9.17) is 4.74 Å². The van der Waals surface area contributed by atoms with E-state index in [1.165, 1.54) is 0 Å². The third kappa shape index (κ3) is 7.14. The molecule has 224 valence electrons. The molecular formula is C38H38N2O4. The van der Waals surface area contributed by atoms with Gasteiger partial charge in [0.15, 0.2) is 0 Å². The Balaban J connectivity index is 1.34. The second-order valence-electron chi connectivity index (χ2n) is 11.2. The SMILES string of the molecule is CCOC(=O)C1=C(C)N(Cc2ccc(C(=O)NC(Cc3ccccc3)c3ccccc3)cc2)C(=O)CC1c1ccc(C)cc1. The van der Waals surface area contributed by atoms with Crippen LogP contribution < -0.4 is 5.32 Å². The molecule has 0 fully saturated rings. The zero-order valence-corrected chi connectivity index (χ0v) is 25.5. The molecule has 1 heterocycles. The highest BCUT2D eigenvalue weighted by Gasteiger charge is 2.36. The van der Waals surface area contributed by atoms with Gasteiger partial charge in [0.25, 0.3) is 5.91 Å². The van der Waals surface area contributed by atoms with E-state index in [0.29, 0.717) is 23.3 Å². The van der Waals surface area contributed by atoms with Gasteiger partial charge in [0.05, 0.1) is 24.8 Å². The lowest BCUT2D eigenvalue weighted by molar-refractivity contribution is -0.140. The number of hydrogen-bond donors (Lipinski definition) is 1. The molecule has 4 aromatic carbocycles. The predicted molar refractivity (Wildman–Crippen MR) is 172 cm³/mol. The normalized spacial score (nSPS) is 15.6. The van der Waals surface area contributed by atoms with Crippen LogP contribution in [-0.2, 0) is 27.3 Å². The minimum Gasteiger partial charge on any atom is -0.463 e. The maximum absolute atomic E-state index is 13.4. The third-order valence-electron chi connectivity index (χ3n) is 8.14. The van der Waals surface area contributed by atoms with Crippen LogP contribution in [0.1, 0.15) is 70.4 Å². The van der Waals surface area contributed by atoms with Crippen molar-refractivity contribution in [3.63, 3.8) is 0 Å². The van der Waals surface area contributed by atoms with Crippen LogP contribution in [0.3, 0.4) is 0 Å². The standard InChI is InChI=1S/C38H38N2O4/c1-4-44-38(43)36-27(3)40(35(41)24-33(36)30-19-15-26(2)16-20-30)25-29-17-21-32(22-18-29)37(42)39-34(31-13-9-6-10-14-31)23-28-11-7-5-8-12-28/h5-22,33-34H,4,23-25H2,1-3H3,(H,39,42). The van der Waals surface area contributed by atoms with Crippen molar-refractivity contribution in [2.75, 3.05) is 6.61 Å². The van der Waals surface area contributed by atoms with Crippen LogP contribution >= 0.6 is 0 Å². The number of rotatable bonds is 10. The summed E-state index contributed by atoms with van der Waals surface area (Å²) in [5.74, 6) is -0.993. The maximum Gasteiger partial charge on any atom is 0.336 e. The van der Waals surface area contributed by atoms with E-state index < -0.39 is 5.97 Å². The molecule has 0 saturated carbocycles. The molecule has 1 aliphatic heterocycles. The van der Waals surface area contributed by atoms with Crippen LogP contribution in [0, 0.1) is 6.92 Å². The summed E-state index contributed by atoms with van der Waals surface area (Å²) < 4.78 is 5.42. The Hall–Kier alpha value is -4.97. The number of nitrogens with zero attached hydrogens (tertiary/aromatic N) is 1. The molecule has 44 heavy (non-hydrogen) atoms. The zero-order chi connectivity index (χ0) is 31.1. The zero-order valence-electron chi connectivity index (χ0n) is 25.5. The molecule has 1 aliphatic rings. The van der Waals surface area contributed by atoms with E-state index in [0.717, 1.165) is 27.8 Å². The highest BCUT2D eigenvalue weighted by Crippen LogP contribution is 2.38. The molecule has 0 saturated heterocycles. The lowest BCUT2D eigenvalue weighted by Crippen LogP contribution is -2.38. The number of carbonyl (C=O) groups is 3. The van der Waals surface area contributed by atoms with Gasteiger partial charge in [0, 0.05) is 23.6 Å². The Morgan fingerprint density at radius 1 is 0.841 bits per heavy atom. The number of hydrogen-bond acceptors (Lipinski definition) is 4. The Morgan fingerprint density at radius 3 is 2.11 bits per heavy atom. The second-order valence-corrected chi connectivity index (χ2v) is 11.2. The van der Waals surface area contributed by atoms with E-state index >= 15 is 0 Å². The Labute approximate surface area is 259 Å². The molecule has 2 atom stereocenters. The van der Waals surface area contributed by atoms with E-state index in [1.807, 2.05) is 98.8 Å². The quantitative estimate of drug-likeness (QED) is 0.202. The van der Waals surface area contributed by atoms with Gasteiger partial charge >= 0.3 is 5.97 Å². The maximum atomic E-state index is 13.4. The fourth-order valence-electron chi connectivity index (χ4n) is 5.73. The molecule has 2 unspecified atom stereocenters. The molecule has 0 bridgehead atoms. The van der Waals surface area contributed by atoms with Gasteiger partial charge in [-0.25, -0.2) is 4.79 Å². The van der Waals surface area contributed by atoms with Gasteiger partial charge in [-0.2, -0.15) is 0 Å². The molecule has 0 aromatic heterocycles. The predicted octanol–water partition coefficient (Wildman–Crippen LogP) is 7.06. The van der Waals surface area contributed by atoms with E-state index in [2.05, 4.69) is 17.4 Å². The molecular weight excluding hydrogens is 548 g/mol. The minimum atomic E-state index is -0.399. The largest absolute Gasteiger partial charge is 0.463 e. The van der Waals surface area contributed by atoms with Crippen molar-refractivity contribution in [1.82, 2.24) is 10.2 Å². The lowest BCUT2D eigenvalue weighted by Gasteiger charge is -2.34. The molecule has 2 amide bonds. The summed E-state index contributed by atoms with van der Waals surface area (Å²) in [5, 5.41) is 3.20. The number of carbonyl (C=O) groups excluding carboxylic acids is 3. The number of aryl methyl sites for hydroxylation is 1. The van der Waals surface area contributed by atoms with Crippen molar-refractivity contribution in [1.29, 1.82) is 0 Å². The summed E-state index contributed by atoms with van der Waals surface area (Å²) in [4.78, 5) is 41.6. The van der Waals surface area contributed by atoms with Gasteiger partial charge in [-0.15, -0.1) is 0 Å². The molecule has 4 aromatic rings. The average molecular weight is 587 g/mol. The number of benzene rings is 4. The van der Waals surface area contributed by atoms with Crippen molar-refractivity contribution in [2.24, 2.45) is 0 Å². The van der Waals surface area contributed by atoms with Gasteiger partial charge in [-0.1, -0.05) is 103 Å². The average Bonchev–Trinajstić information content (AvgIpc) is 3.04. The first-order valence-electron chi connectivity index (χ1n) is 15.1. The number of amides is 2. The first-order valence-corrected chi connectivity index (χ1v) is 15.1. The van der Waals surface area contributed by atoms with Crippen LogP contribution in [0.5, 0.6) is 0 Å². The number of allylic oxidation sites excluding steroid dienone is 1. The number of esters is 1. The smallest absolute Gasteiger partial charge is 0.336 e. The summed E-state index contributed by atoms with van der Waals surface area (Å²) in [6, 6.07) is 35.1. The van der Waals surface area contributed by atoms with Crippen LogP contribution in [0.4, 0.5) is 0 Å². The Morgan fingerprint density at radius 2 is 1.48 bits per heavy atom. The summed E-state index contributed by atoms with van der Waals surface area (Å²) in [5.41, 5.74) is 6.70. The van der Waals surface area contributed by atoms with Crippen molar-refractivity contribution in [3.8, 4) is 0 Å². The highest BCUT2D eigenvalue weighted by atomic mass is 16.5. The monoisotopic (exact) mass is 586 g/mol. The van der Waals surface area contributed by atoms with Gasteiger partial charge in [0.2, 0.25) is 5.91 Å². The van der Waals surface area contributed by atoms with Gasteiger partial charge in [-0.05, 0) is 61.6 Å². The van der Waals surface area contributed by atoms with Crippen molar-refractivity contribution in [2.45, 2.75) is 52.1 Å². The number of ether oxygens (including phenoxy) is 1. The summed E-state index contributed by atoms with van der Waals surface area (Å²) in [6.45, 7) is 6.14. The van der Waals surface area contributed by atoms with Crippen molar-refractivity contribution >= 4 is 17.8 Å². The van der Waals surface area contributed by atoms with Gasteiger partial charge in [0.1, 0.15) is 0 Å². The third-order valence-corrected chi connectivity index (χ3v) is 8.14. The van der Waals surface area contributed by atoms with Crippen molar-refractivity contribution < 1.29 is 19.1 Å². The van der Waals surface area contributed by atoms with E-state index in [1.54, 1.807) is 24.0 Å². The summed E-state index contributed by atoms with van der Waals surface area (Å²) in [6.07, 6.45) is 0.848. The van der Waals surface area contributed by atoms with Gasteiger partial charge in [-0.3, -0.25) is 9.59 Å². The first-order chi connectivity index (χ1) is 21.3. The number of nitrogens with one attached hydrogen (secondary N) is 1. The minimum absolute atomic E-state index is 0.0606. The van der Waals surface area contributed by atoms with E-state index in [9.17, 15) is 14.4 Å². The lowest BCUT2D eigenvalue weighted by atomic mass is 9.83. The molecule has 0 aliphatic carbocycles. The Kier molecular flexibility index (Phi) is 9.70. The second kappa shape index (κ2) is 14.0. The molecule has 0 spiro atoms. The van der Waals surface area contributed by atoms with Crippen LogP contribution in [0.15, 0.2) is 120 Å². The molecule has 6 heteroatoms. The van der Waals surface area contributed by atoms with E-state index in [-0.39, 0.29) is 43.3 Å². The summed E-state index contributed by atoms with van der Waals surface area (Å²) >= 11 is 0. The van der Waals surface area contributed by atoms with Crippen molar-refractivity contribution in [3.05, 3.63) is 154 Å². The van der Waals surface area contributed by atoms with Gasteiger partial charge < -0.3 is 15.0 Å². The fourth-order valence-corrected chi connectivity index (χ4v) is 5.73. The summed E-state index contributed by atoms with van der Waals surface area (Å²) in [7, 11) is 0. The Bertz CT molecular complexity index is 1630.